The normalized spacial score (nSPS) is 15.2. The van der Waals surface area contributed by atoms with Gasteiger partial charge >= 0.3 is 0 Å². The molecule has 0 saturated carbocycles. The van der Waals surface area contributed by atoms with Crippen molar-refractivity contribution in [2.75, 3.05) is 30.3 Å². The molecule has 27 heavy (non-hydrogen) atoms. The van der Waals surface area contributed by atoms with E-state index in [2.05, 4.69) is 47.6 Å². The number of carbonyl (C=O) groups is 1. The van der Waals surface area contributed by atoms with Crippen LogP contribution in [0.4, 0.5) is 11.4 Å². The third-order valence-electron chi connectivity index (χ3n) is 5.43. The Morgan fingerprint density at radius 2 is 1.59 bits per heavy atom. The molecule has 4 heteroatoms. The molecule has 1 aliphatic rings. The van der Waals surface area contributed by atoms with Gasteiger partial charge in [0, 0.05) is 17.9 Å². The van der Waals surface area contributed by atoms with Crippen LogP contribution in [0.15, 0.2) is 42.5 Å². The van der Waals surface area contributed by atoms with Gasteiger partial charge in [-0.15, -0.1) is 0 Å². The van der Waals surface area contributed by atoms with Crippen LogP contribution in [0.1, 0.15) is 42.4 Å². The van der Waals surface area contributed by atoms with E-state index < -0.39 is 0 Å². The molecule has 0 radical (unpaired) electrons. The van der Waals surface area contributed by atoms with Crippen LogP contribution in [0.5, 0.6) is 0 Å². The number of hydrogen-bond donors (Lipinski definition) is 2. The highest BCUT2D eigenvalue weighted by Crippen LogP contribution is 2.17. The summed E-state index contributed by atoms with van der Waals surface area (Å²) in [6.07, 6.45) is 4.98. The summed E-state index contributed by atoms with van der Waals surface area (Å²) in [7, 11) is 0. The van der Waals surface area contributed by atoms with Crippen LogP contribution in [0.25, 0.3) is 0 Å². The fraction of sp³-hybridized carbons (Fsp3) is 0.435. The van der Waals surface area contributed by atoms with Gasteiger partial charge < -0.3 is 10.6 Å². The summed E-state index contributed by atoms with van der Waals surface area (Å²) in [4.78, 5) is 14.6. The highest BCUT2D eigenvalue weighted by atomic mass is 16.2. The van der Waals surface area contributed by atoms with Gasteiger partial charge in [-0.1, -0.05) is 31.0 Å². The van der Waals surface area contributed by atoms with Crippen LogP contribution in [-0.2, 0) is 11.3 Å². The second kappa shape index (κ2) is 9.56. The van der Waals surface area contributed by atoms with Crippen molar-refractivity contribution in [2.24, 2.45) is 0 Å². The van der Waals surface area contributed by atoms with Gasteiger partial charge in [-0.25, -0.2) is 0 Å². The number of anilines is 2. The zero-order valence-electron chi connectivity index (χ0n) is 16.6. The summed E-state index contributed by atoms with van der Waals surface area (Å²) < 4.78 is 0. The van der Waals surface area contributed by atoms with E-state index in [1.165, 1.54) is 42.4 Å². The first-order valence-corrected chi connectivity index (χ1v) is 10.0. The van der Waals surface area contributed by atoms with Crippen LogP contribution in [0, 0.1) is 13.8 Å². The Hall–Kier alpha value is -2.33. The molecule has 3 rings (SSSR count). The minimum atomic E-state index is 0.0768. The van der Waals surface area contributed by atoms with Crippen molar-refractivity contribution in [3.05, 3.63) is 59.2 Å². The van der Waals surface area contributed by atoms with Crippen molar-refractivity contribution in [3.8, 4) is 0 Å². The van der Waals surface area contributed by atoms with Gasteiger partial charge in [-0.3, -0.25) is 9.69 Å². The molecule has 4 nitrogen and oxygen atoms in total. The molecule has 0 aromatic heterocycles. The number of likely N-dealkylation sites (tertiary alicyclic amines) is 1. The molecule has 1 aliphatic heterocycles. The molecule has 2 aromatic rings. The molecule has 0 aliphatic carbocycles. The van der Waals surface area contributed by atoms with Crippen LogP contribution < -0.4 is 10.6 Å². The second-order valence-electron chi connectivity index (χ2n) is 7.53. The molecule has 1 saturated heterocycles. The van der Waals surface area contributed by atoms with E-state index in [4.69, 9.17) is 0 Å². The number of nitrogens with zero attached hydrogens (tertiary/aromatic N) is 1. The Bertz CT molecular complexity index is 747. The van der Waals surface area contributed by atoms with Crippen LogP contribution in [-0.4, -0.2) is 30.4 Å². The van der Waals surface area contributed by atoms with Crippen molar-refractivity contribution in [1.82, 2.24) is 4.90 Å². The molecule has 0 unspecified atom stereocenters. The summed E-state index contributed by atoms with van der Waals surface area (Å²) in [6.45, 7) is 7.67. The molecule has 144 valence electrons. The monoisotopic (exact) mass is 365 g/mol. The standard InChI is InChI=1S/C23H31N3O/c1-18-8-7-9-20(19(18)2)16-24-21-10-12-22(13-11-21)25-23(27)17-26-14-5-3-4-6-15-26/h7-13,24H,3-6,14-17H2,1-2H3,(H,25,27). The second-order valence-corrected chi connectivity index (χ2v) is 7.53. The molecule has 2 N–H and O–H groups in total. The first kappa shape index (κ1) is 19.4. The third-order valence-corrected chi connectivity index (χ3v) is 5.43. The lowest BCUT2D eigenvalue weighted by Crippen LogP contribution is -2.33. The molecular formula is C23H31N3O. The predicted molar refractivity (Wildman–Crippen MR) is 113 cm³/mol. The number of carbonyl (C=O) groups excluding carboxylic acids is 1. The Labute approximate surface area is 163 Å². The fourth-order valence-corrected chi connectivity index (χ4v) is 3.57. The maximum Gasteiger partial charge on any atom is 0.238 e. The summed E-state index contributed by atoms with van der Waals surface area (Å²) in [6, 6.07) is 14.4. The van der Waals surface area contributed by atoms with Crippen molar-refractivity contribution in [3.63, 3.8) is 0 Å². The van der Waals surface area contributed by atoms with Crippen LogP contribution >= 0.6 is 0 Å². The van der Waals surface area contributed by atoms with Crippen molar-refractivity contribution in [1.29, 1.82) is 0 Å². The number of benzene rings is 2. The summed E-state index contributed by atoms with van der Waals surface area (Å²) in [5.41, 5.74) is 5.87. The van der Waals surface area contributed by atoms with Gasteiger partial charge in [0.05, 0.1) is 6.54 Å². The number of amides is 1. The molecule has 1 amide bonds. The van der Waals surface area contributed by atoms with E-state index in [0.29, 0.717) is 6.54 Å². The number of hydrogen-bond acceptors (Lipinski definition) is 3. The van der Waals surface area contributed by atoms with Crippen LogP contribution in [0.2, 0.25) is 0 Å². The van der Waals surface area contributed by atoms with E-state index >= 15 is 0 Å². The van der Waals surface area contributed by atoms with Crippen molar-refractivity contribution < 1.29 is 4.79 Å². The zero-order chi connectivity index (χ0) is 19.1. The van der Waals surface area contributed by atoms with Gasteiger partial charge in [-0.05, 0) is 80.7 Å². The minimum Gasteiger partial charge on any atom is -0.381 e. The largest absolute Gasteiger partial charge is 0.381 e. The minimum absolute atomic E-state index is 0.0768. The maximum atomic E-state index is 12.3. The lowest BCUT2D eigenvalue weighted by atomic mass is 10.0. The zero-order valence-corrected chi connectivity index (χ0v) is 16.6. The lowest BCUT2D eigenvalue weighted by molar-refractivity contribution is -0.117. The van der Waals surface area contributed by atoms with Crippen LogP contribution in [0.3, 0.4) is 0 Å². The average Bonchev–Trinajstić information content (AvgIpc) is 2.93. The lowest BCUT2D eigenvalue weighted by Gasteiger charge is -2.19. The summed E-state index contributed by atoms with van der Waals surface area (Å²) in [5, 5.41) is 6.48. The average molecular weight is 366 g/mol. The molecule has 1 fully saturated rings. The smallest absolute Gasteiger partial charge is 0.238 e. The topological polar surface area (TPSA) is 44.4 Å². The van der Waals surface area contributed by atoms with E-state index in [0.717, 1.165) is 31.0 Å². The molecule has 0 spiro atoms. The van der Waals surface area contributed by atoms with E-state index in [1.54, 1.807) is 0 Å². The first-order valence-electron chi connectivity index (χ1n) is 10.0. The highest BCUT2D eigenvalue weighted by Gasteiger charge is 2.13. The molecular weight excluding hydrogens is 334 g/mol. The third kappa shape index (κ3) is 5.83. The van der Waals surface area contributed by atoms with Crippen molar-refractivity contribution >= 4 is 17.3 Å². The van der Waals surface area contributed by atoms with Gasteiger partial charge in [0.1, 0.15) is 0 Å². The summed E-state index contributed by atoms with van der Waals surface area (Å²) >= 11 is 0. The van der Waals surface area contributed by atoms with Gasteiger partial charge in [0.25, 0.3) is 0 Å². The molecule has 1 heterocycles. The van der Waals surface area contributed by atoms with Gasteiger partial charge in [-0.2, -0.15) is 0 Å². The Morgan fingerprint density at radius 3 is 2.30 bits per heavy atom. The quantitative estimate of drug-likeness (QED) is 0.778. The molecule has 2 aromatic carbocycles. The summed E-state index contributed by atoms with van der Waals surface area (Å²) in [5.74, 6) is 0.0768. The van der Waals surface area contributed by atoms with Gasteiger partial charge in [0.2, 0.25) is 5.91 Å². The Balaban J connectivity index is 1.49. The highest BCUT2D eigenvalue weighted by molar-refractivity contribution is 5.92. The number of nitrogens with one attached hydrogen (secondary N) is 2. The predicted octanol–water partition coefficient (Wildman–Crippen LogP) is 4.73. The fourth-order valence-electron chi connectivity index (χ4n) is 3.57. The Kier molecular flexibility index (Phi) is 6.88. The van der Waals surface area contributed by atoms with E-state index in [-0.39, 0.29) is 5.91 Å². The van der Waals surface area contributed by atoms with Crippen molar-refractivity contribution in [2.45, 2.75) is 46.1 Å². The SMILES string of the molecule is Cc1cccc(CNc2ccc(NC(=O)CN3CCCCCC3)cc2)c1C. The van der Waals surface area contributed by atoms with E-state index in [9.17, 15) is 4.79 Å². The number of rotatable bonds is 6. The molecule has 0 atom stereocenters. The Morgan fingerprint density at radius 1 is 0.926 bits per heavy atom. The van der Waals surface area contributed by atoms with E-state index in [1.807, 2.05) is 24.3 Å². The molecule has 0 bridgehead atoms. The maximum absolute atomic E-state index is 12.3. The van der Waals surface area contributed by atoms with Gasteiger partial charge in [0.15, 0.2) is 0 Å². The first-order chi connectivity index (χ1) is 13.1. The number of aryl methyl sites for hydroxylation is 1.